The number of nitrogens with zero attached hydrogens (tertiary/aromatic N) is 1. The van der Waals surface area contributed by atoms with Crippen LogP contribution < -0.4 is 5.73 Å². The predicted molar refractivity (Wildman–Crippen MR) is 82.0 cm³/mol. The standard InChI is InChI=1S/C13H19BrN2O3S/c1-2-16(9-10-4-3-7-19-10)20(17,18)11-5-6-12(14)13(15)8-11/h5-6,8,10H,2-4,7,9,15H2,1H3. The number of sulfonamides is 1. The molecule has 2 rings (SSSR count). The lowest BCUT2D eigenvalue weighted by Gasteiger charge is -2.23. The molecule has 1 aliphatic rings. The highest BCUT2D eigenvalue weighted by Gasteiger charge is 2.28. The summed E-state index contributed by atoms with van der Waals surface area (Å²) in [6, 6.07) is 4.70. The molecule has 1 aromatic carbocycles. The normalized spacial score (nSPS) is 19.6. The second-order valence-corrected chi connectivity index (χ2v) is 7.57. The van der Waals surface area contributed by atoms with Crippen molar-refractivity contribution in [2.24, 2.45) is 0 Å². The molecule has 7 heteroatoms. The second-order valence-electron chi connectivity index (χ2n) is 4.77. The minimum Gasteiger partial charge on any atom is -0.398 e. The average molecular weight is 363 g/mol. The molecule has 20 heavy (non-hydrogen) atoms. The molecule has 112 valence electrons. The summed E-state index contributed by atoms with van der Waals surface area (Å²) in [6.45, 7) is 3.36. The van der Waals surface area contributed by atoms with Gasteiger partial charge in [-0.1, -0.05) is 6.92 Å². The van der Waals surface area contributed by atoms with Crippen LogP contribution in [0.1, 0.15) is 19.8 Å². The molecular weight excluding hydrogens is 344 g/mol. The van der Waals surface area contributed by atoms with E-state index in [9.17, 15) is 8.42 Å². The van der Waals surface area contributed by atoms with Crippen LogP contribution in [0.25, 0.3) is 0 Å². The average Bonchev–Trinajstić information content (AvgIpc) is 2.91. The molecule has 0 spiro atoms. The number of benzene rings is 1. The Morgan fingerprint density at radius 2 is 2.25 bits per heavy atom. The smallest absolute Gasteiger partial charge is 0.243 e. The van der Waals surface area contributed by atoms with Crippen molar-refractivity contribution in [1.82, 2.24) is 4.31 Å². The van der Waals surface area contributed by atoms with Crippen LogP contribution in [0.3, 0.4) is 0 Å². The van der Waals surface area contributed by atoms with E-state index in [2.05, 4.69) is 15.9 Å². The van der Waals surface area contributed by atoms with Crippen molar-refractivity contribution in [2.45, 2.75) is 30.8 Å². The van der Waals surface area contributed by atoms with Gasteiger partial charge in [0.05, 0.1) is 11.0 Å². The summed E-state index contributed by atoms with van der Waals surface area (Å²) < 4.78 is 32.9. The number of rotatable bonds is 5. The Kier molecular flexibility index (Phi) is 5.06. The number of nitrogens with two attached hydrogens (primary N) is 1. The van der Waals surface area contributed by atoms with E-state index in [1.165, 1.54) is 10.4 Å². The maximum Gasteiger partial charge on any atom is 0.243 e. The van der Waals surface area contributed by atoms with Gasteiger partial charge in [-0.15, -0.1) is 0 Å². The van der Waals surface area contributed by atoms with Crippen LogP contribution in [0.2, 0.25) is 0 Å². The van der Waals surface area contributed by atoms with E-state index in [1.54, 1.807) is 12.1 Å². The number of ether oxygens (including phenoxy) is 1. The molecule has 1 unspecified atom stereocenters. The van der Waals surface area contributed by atoms with Gasteiger partial charge in [-0.2, -0.15) is 4.31 Å². The fourth-order valence-corrected chi connectivity index (χ4v) is 4.01. The molecular formula is C13H19BrN2O3S. The molecule has 0 radical (unpaired) electrons. The van der Waals surface area contributed by atoms with Crippen LogP contribution in [0.5, 0.6) is 0 Å². The molecule has 1 atom stereocenters. The lowest BCUT2D eigenvalue weighted by molar-refractivity contribution is 0.0947. The van der Waals surface area contributed by atoms with Gasteiger partial charge in [-0.05, 0) is 47.0 Å². The maximum absolute atomic E-state index is 12.6. The molecule has 0 amide bonds. The van der Waals surface area contributed by atoms with Gasteiger partial charge >= 0.3 is 0 Å². The van der Waals surface area contributed by atoms with Gasteiger partial charge in [0.1, 0.15) is 0 Å². The van der Waals surface area contributed by atoms with E-state index < -0.39 is 10.0 Å². The number of hydrogen-bond donors (Lipinski definition) is 1. The van der Waals surface area contributed by atoms with Crippen molar-refractivity contribution < 1.29 is 13.2 Å². The third-order valence-corrected chi connectivity index (χ3v) is 6.05. The fourth-order valence-electron chi connectivity index (χ4n) is 2.24. The van der Waals surface area contributed by atoms with Gasteiger partial charge in [0, 0.05) is 29.9 Å². The molecule has 1 heterocycles. The Bertz CT molecular complexity index is 571. The summed E-state index contributed by atoms with van der Waals surface area (Å²) in [5.74, 6) is 0. The van der Waals surface area contributed by atoms with Crippen LogP contribution in [0.15, 0.2) is 27.6 Å². The lowest BCUT2D eigenvalue weighted by Crippen LogP contribution is -2.37. The quantitative estimate of drug-likeness (QED) is 0.815. The topological polar surface area (TPSA) is 72.6 Å². The first-order valence-electron chi connectivity index (χ1n) is 6.62. The Hall–Kier alpha value is -0.630. The Balaban J connectivity index is 2.23. The number of hydrogen-bond acceptors (Lipinski definition) is 4. The molecule has 1 fully saturated rings. The molecule has 1 aromatic rings. The monoisotopic (exact) mass is 362 g/mol. The zero-order valence-electron chi connectivity index (χ0n) is 11.4. The van der Waals surface area contributed by atoms with E-state index in [-0.39, 0.29) is 11.0 Å². The zero-order valence-corrected chi connectivity index (χ0v) is 13.8. The van der Waals surface area contributed by atoms with Crippen molar-refractivity contribution in [3.63, 3.8) is 0 Å². The van der Waals surface area contributed by atoms with Crippen LogP contribution in [0.4, 0.5) is 5.69 Å². The van der Waals surface area contributed by atoms with E-state index in [4.69, 9.17) is 10.5 Å². The fraction of sp³-hybridized carbons (Fsp3) is 0.538. The molecule has 0 saturated carbocycles. The number of nitrogen functional groups attached to an aromatic ring is 1. The minimum atomic E-state index is -3.53. The predicted octanol–water partition coefficient (Wildman–Crippen LogP) is 2.22. The minimum absolute atomic E-state index is 0.00230. The lowest BCUT2D eigenvalue weighted by atomic mass is 10.2. The van der Waals surface area contributed by atoms with E-state index in [0.717, 1.165) is 12.8 Å². The van der Waals surface area contributed by atoms with Crippen LogP contribution >= 0.6 is 15.9 Å². The van der Waals surface area contributed by atoms with Gasteiger partial charge in [-0.3, -0.25) is 0 Å². The van der Waals surface area contributed by atoms with Crippen molar-refractivity contribution >= 4 is 31.6 Å². The molecule has 0 bridgehead atoms. The molecule has 1 aliphatic heterocycles. The highest BCUT2D eigenvalue weighted by atomic mass is 79.9. The van der Waals surface area contributed by atoms with Crippen molar-refractivity contribution in [1.29, 1.82) is 0 Å². The van der Waals surface area contributed by atoms with Crippen molar-refractivity contribution in [3.05, 3.63) is 22.7 Å². The molecule has 0 aromatic heterocycles. The highest BCUT2D eigenvalue weighted by molar-refractivity contribution is 9.10. The van der Waals surface area contributed by atoms with Crippen molar-refractivity contribution in [3.8, 4) is 0 Å². The van der Waals surface area contributed by atoms with Gasteiger partial charge in [0.15, 0.2) is 0 Å². The Labute approximate surface area is 128 Å². The molecule has 5 nitrogen and oxygen atoms in total. The van der Waals surface area contributed by atoms with Gasteiger partial charge in [0.25, 0.3) is 0 Å². The van der Waals surface area contributed by atoms with Crippen LogP contribution in [-0.4, -0.2) is 38.5 Å². The summed E-state index contributed by atoms with van der Waals surface area (Å²) in [6.07, 6.45) is 1.90. The van der Waals surface area contributed by atoms with Crippen LogP contribution in [-0.2, 0) is 14.8 Å². The SMILES string of the molecule is CCN(CC1CCCO1)S(=O)(=O)c1ccc(Br)c(N)c1. The largest absolute Gasteiger partial charge is 0.398 e. The summed E-state index contributed by atoms with van der Waals surface area (Å²) in [5.41, 5.74) is 6.18. The first kappa shape index (κ1) is 15.8. The Morgan fingerprint density at radius 1 is 1.50 bits per heavy atom. The first-order chi connectivity index (χ1) is 9.45. The van der Waals surface area contributed by atoms with E-state index in [1.807, 2.05) is 6.92 Å². The molecule has 0 aliphatic carbocycles. The zero-order chi connectivity index (χ0) is 14.8. The molecule has 2 N–H and O–H groups in total. The van der Waals surface area contributed by atoms with Gasteiger partial charge in [0.2, 0.25) is 10.0 Å². The third kappa shape index (κ3) is 3.33. The number of likely N-dealkylation sites (N-methyl/N-ethyl adjacent to an activating group) is 1. The number of anilines is 1. The number of halogens is 1. The Morgan fingerprint density at radius 3 is 2.80 bits per heavy atom. The summed E-state index contributed by atoms with van der Waals surface area (Å²) in [7, 11) is -3.53. The maximum atomic E-state index is 12.6. The van der Waals surface area contributed by atoms with Gasteiger partial charge < -0.3 is 10.5 Å². The second kappa shape index (κ2) is 6.43. The highest BCUT2D eigenvalue weighted by Crippen LogP contribution is 2.25. The summed E-state index contributed by atoms with van der Waals surface area (Å²) in [4.78, 5) is 0.220. The van der Waals surface area contributed by atoms with Crippen molar-refractivity contribution in [2.75, 3.05) is 25.4 Å². The van der Waals surface area contributed by atoms with E-state index >= 15 is 0 Å². The molecule has 1 saturated heterocycles. The summed E-state index contributed by atoms with van der Waals surface area (Å²) in [5, 5.41) is 0. The van der Waals surface area contributed by atoms with E-state index in [0.29, 0.717) is 29.9 Å². The third-order valence-electron chi connectivity index (χ3n) is 3.39. The van der Waals surface area contributed by atoms with Crippen LogP contribution in [0, 0.1) is 0 Å². The van der Waals surface area contributed by atoms with Gasteiger partial charge in [-0.25, -0.2) is 8.42 Å². The first-order valence-corrected chi connectivity index (χ1v) is 8.85. The summed E-state index contributed by atoms with van der Waals surface area (Å²) >= 11 is 3.27.